The molecule has 1 aromatic heterocycles. The lowest BCUT2D eigenvalue weighted by atomic mass is 9.49. The highest BCUT2D eigenvalue weighted by molar-refractivity contribution is 7.09. The smallest absolute Gasteiger partial charge is 0.260 e. The van der Waals surface area contributed by atoms with Gasteiger partial charge >= 0.3 is 0 Å². The number of carbonyl (C=O) groups excluding carboxylic acids is 4. The van der Waals surface area contributed by atoms with E-state index in [1.165, 1.54) is 40.5 Å². The molecule has 2 saturated heterocycles. The zero-order chi connectivity index (χ0) is 35.1. The van der Waals surface area contributed by atoms with E-state index in [1.54, 1.807) is 38.1 Å². The van der Waals surface area contributed by atoms with Gasteiger partial charge in [-0.1, -0.05) is 53.6 Å². The van der Waals surface area contributed by atoms with Gasteiger partial charge in [0.15, 0.2) is 0 Å². The van der Waals surface area contributed by atoms with Gasteiger partial charge in [-0.3, -0.25) is 29.5 Å². The molecular formula is C39H33ClFN3O5S. The number of hydrogen-bond donors (Lipinski definition) is 2. The largest absolute Gasteiger partial charge is 0.507 e. The van der Waals surface area contributed by atoms with E-state index in [-0.39, 0.29) is 30.5 Å². The van der Waals surface area contributed by atoms with E-state index in [0.717, 1.165) is 15.5 Å². The molecule has 1 saturated carbocycles. The Morgan fingerprint density at radius 2 is 1.64 bits per heavy atom. The summed E-state index contributed by atoms with van der Waals surface area (Å²) in [4.78, 5) is 60.4. The van der Waals surface area contributed by atoms with Crippen molar-refractivity contribution in [3.05, 3.63) is 128 Å². The number of hydrazine groups is 1. The van der Waals surface area contributed by atoms with Crippen LogP contribution in [0.3, 0.4) is 0 Å². The molecule has 0 radical (unpaired) electrons. The molecule has 4 amide bonds. The van der Waals surface area contributed by atoms with Crippen molar-refractivity contribution in [2.45, 2.75) is 44.6 Å². The number of anilines is 1. The minimum absolute atomic E-state index is 0.130. The number of phenolic OH excluding ortho intramolecular Hbond substituents is 1. The number of rotatable bonds is 6. The van der Waals surface area contributed by atoms with Crippen molar-refractivity contribution in [3.8, 4) is 5.75 Å². The number of benzene rings is 3. The van der Waals surface area contributed by atoms with Crippen molar-refractivity contribution < 1.29 is 28.7 Å². The maximum atomic E-state index is 15.2. The number of nitrogens with zero attached hydrogens (tertiary/aromatic N) is 2. The third kappa shape index (κ3) is 4.75. The molecule has 0 bridgehead atoms. The number of hydrogen-bond acceptors (Lipinski definition) is 7. The fourth-order valence-electron chi connectivity index (χ4n) is 8.97. The Labute approximate surface area is 297 Å². The molecule has 50 heavy (non-hydrogen) atoms. The third-order valence-corrected chi connectivity index (χ3v) is 12.2. The van der Waals surface area contributed by atoms with E-state index in [9.17, 15) is 23.9 Å². The normalized spacial score (nSPS) is 27.3. The number of aryl methyl sites for hydroxylation is 2. The lowest BCUT2D eigenvalue weighted by molar-refractivity contribution is -0.141. The summed E-state index contributed by atoms with van der Waals surface area (Å²) >= 11 is 7.85. The van der Waals surface area contributed by atoms with E-state index in [4.69, 9.17) is 11.6 Å². The van der Waals surface area contributed by atoms with Crippen LogP contribution in [0.25, 0.3) is 0 Å². The van der Waals surface area contributed by atoms with Crippen molar-refractivity contribution in [1.82, 2.24) is 9.91 Å². The zero-order valence-electron chi connectivity index (χ0n) is 27.2. The highest BCUT2D eigenvalue weighted by Crippen LogP contribution is 2.64. The fourth-order valence-corrected chi connectivity index (χ4v) is 9.78. The fraction of sp³-hybridized carbons (Fsp3) is 0.282. The van der Waals surface area contributed by atoms with Crippen LogP contribution >= 0.6 is 22.9 Å². The number of amides is 4. The summed E-state index contributed by atoms with van der Waals surface area (Å²) in [6.45, 7) is 3.76. The predicted octanol–water partition coefficient (Wildman–Crippen LogP) is 7.05. The summed E-state index contributed by atoms with van der Waals surface area (Å²) in [6, 6.07) is 19.8. The average Bonchev–Trinajstić information content (AvgIpc) is 3.76. The monoisotopic (exact) mass is 709 g/mol. The van der Waals surface area contributed by atoms with Crippen molar-refractivity contribution >= 4 is 52.3 Å². The summed E-state index contributed by atoms with van der Waals surface area (Å²) in [6.07, 6.45) is 2.48. The van der Waals surface area contributed by atoms with Crippen LogP contribution in [-0.2, 0) is 31.1 Å². The minimum Gasteiger partial charge on any atom is -0.507 e. The number of allylic oxidation sites excluding steroid dienone is 2. The van der Waals surface area contributed by atoms with Crippen molar-refractivity contribution in [1.29, 1.82) is 0 Å². The number of fused-ring (bicyclic) bond motifs is 4. The Morgan fingerprint density at radius 1 is 0.940 bits per heavy atom. The van der Waals surface area contributed by atoms with Gasteiger partial charge in [-0.15, -0.1) is 11.3 Å². The molecule has 6 unspecified atom stereocenters. The SMILES string of the molecule is Cc1cc(C2C3=CCC4C(=O)N(Cc5cccs5)C(=O)C4C3CC3C(=O)N(Nc4ccc(F)cc4)C(=O)C32c2ccc(Cl)cc2)cc(C)c1O. The van der Waals surface area contributed by atoms with E-state index in [0.29, 0.717) is 39.4 Å². The Balaban J connectivity index is 1.33. The first kappa shape index (κ1) is 32.4. The second kappa shape index (κ2) is 11.9. The molecule has 4 aromatic rings. The maximum absolute atomic E-state index is 15.2. The molecule has 8 nitrogen and oxygen atoms in total. The lowest BCUT2D eigenvalue weighted by Gasteiger charge is -2.50. The molecule has 2 aliphatic heterocycles. The summed E-state index contributed by atoms with van der Waals surface area (Å²) in [5.41, 5.74) is 5.15. The van der Waals surface area contributed by atoms with Gasteiger partial charge in [0.2, 0.25) is 11.8 Å². The molecule has 3 fully saturated rings. The molecule has 3 aromatic carbocycles. The van der Waals surface area contributed by atoms with Gasteiger partial charge in [0.1, 0.15) is 11.6 Å². The van der Waals surface area contributed by atoms with Gasteiger partial charge in [0.25, 0.3) is 11.8 Å². The number of nitrogens with one attached hydrogen (secondary N) is 1. The second-order valence-corrected chi connectivity index (χ2v) is 15.2. The Morgan fingerprint density at radius 3 is 2.30 bits per heavy atom. The topological polar surface area (TPSA) is 107 Å². The van der Waals surface area contributed by atoms with Crippen LogP contribution in [0.1, 0.15) is 45.9 Å². The highest BCUT2D eigenvalue weighted by atomic mass is 35.5. The molecule has 2 aliphatic carbocycles. The molecule has 254 valence electrons. The second-order valence-electron chi connectivity index (χ2n) is 13.7. The van der Waals surface area contributed by atoms with E-state index >= 15 is 4.79 Å². The predicted molar refractivity (Wildman–Crippen MR) is 186 cm³/mol. The highest BCUT2D eigenvalue weighted by Gasteiger charge is 2.70. The van der Waals surface area contributed by atoms with Gasteiger partial charge < -0.3 is 5.11 Å². The molecule has 6 atom stereocenters. The first-order valence-electron chi connectivity index (χ1n) is 16.5. The van der Waals surface area contributed by atoms with Crippen LogP contribution in [0, 0.1) is 43.3 Å². The Hall–Kier alpha value is -4.80. The zero-order valence-corrected chi connectivity index (χ0v) is 28.8. The number of halogens is 2. The van der Waals surface area contributed by atoms with Gasteiger partial charge in [-0.2, -0.15) is 5.01 Å². The van der Waals surface area contributed by atoms with Crippen LogP contribution in [0.4, 0.5) is 10.1 Å². The lowest BCUT2D eigenvalue weighted by Crippen LogP contribution is -2.53. The Bertz CT molecular complexity index is 2080. The maximum Gasteiger partial charge on any atom is 0.260 e. The number of phenols is 1. The molecule has 11 heteroatoms. The van der Waals surface area contributed by atoms with Crippen molar-refractivity contribution in [2.75, 3.05) is 5.43 Å². The van der Waals surface area contributed by atoms with Gasteiger partial charge in [-0.25, -0.2) is 4.39 Å². The third-order valence-electron chi connectivity index (χ3n) is 11.1. The molecule has 3 heterocycles. The number of imide groups is 2. The molecule has 0 spiro atoms. The summed E-state index contributed by atoms with van der Waals surface area (Å²) in [5, 5.41) is 14.2. The molecule has 8 rings (SSSR count). The van der Waals surface area contributed by atoms with Crippen LogP contribution in [-0.4, -0.2) is 38.6 Å². The van der Waals surface area contributed by atoms with E-state index in [1.807, 2.05) is 35.7 Å². The van der Waals surface area contributed by atoms with Gasteiger partial charge in [0, 0.05) is 15.8 Å². The summed E-state index contributed by atoms with van der Waals surface area (Å²) in [7, 11) is 0. The van der Waals surface area contributed by atoms with E-state index in [2.05, 4.69) is 5.43 Å². The summed E-state index contributed by atoms with van der Waals surface area (Å²) in [5.74, 6) is -5.28. The average molecular weight is 710 g/mol. The summed E-state index contributed by atoms with van der Waals surface area (Å²) < 4.78 is 13.8. The molecular weight excluding hydrogens is 677 g/mol. The number of thiophene rings is 1. The Kier molecular flexibility index (Phi) is 7.72. The molecule has 4 aliphatic rings. The van der Waals surface area contributed by atoms with Crippen LogP contribution < -0.4 is 5.43 Å². The van der Waals surface area contributed by atoms with Gasteiger partial charge in [0.05, 0.1) is 35.4 Å². The standard InChI is InChI=1S/C39H33ClFN3O5S/c1-20-16-22(17-21(2)34(20)45)33-28-13-14-29-32(37(48)43(35(29)46)19-27-4-3-15-50-27)30(28)18-31-36(47)44(42-26-11-9-25(41)10-12-26)38(49)39(31,33)23-5-7-24(40)8-6-23/h3-13,15-17,29-33,42,45H,14,18-19H2,1-2H3. The van der Waals surface area contributed by atoms with Crippen LogP contribution in [0.5, 0.6) is 5.75 Å². The number of carbonyl (C=O) groups is 4. The van der Waals surface area contributed by atoms with Crippen LogP contribution in [0.2, 0.25) is 5.02 Å². The van der Waals surface area contributed by atoms with Crippen molar-refractivity contribution in [2.24, 2.45) is 23.7 Å². The van der Waals surface area contributed by atoms with Crippen molar-refractivity contribution in [3.63, 3.8) is 0 Å². The number of likely N-dealkylation sites (tertiary alicyclic amines) is 1. The first-order chi connectivity index (χ1) is 24.0. The van der Waals surface area contributed by atoms with Crippen LogP contribution in [0.15, 0.2) is 89.8 Å². The molecule has 2 N–H and O–H groups in total. The minimum atomic E-state index is -1.48. The quantitative estimate of drug-likeness (QED) is 0.164. The van der Waals surface area contributed by atoms with E-state index < -0.39 is 52.6 Å². The number of aromatic hydroxyl groups is 1. The first-order valence-corrected chi connectivity index (χ1v) is 17.8. The van der Waals surface area contributed by atoms with Gasteiger partial charge in [-0.05, 0) is 103 Å².